The van der Waals surface area contributed by atoms with E-state index in [1.165, 1.54) is 5.56 Å². The average Bonchev–Trinajstić information content (AvgIpc) is 2.61. The molecule has 3 aromatic rings. The molecule has 1 amide bonds. The van der Waals surface area contributed by atoms with Crippen molar-refractivity contribution >= 4 is 29.0 Å². The third-order valence-corrected chi connectivity index (χ3v) is 5.19. The lowest BCUT2D eigenvalue weighted by Gasteiger charge is -2.30. The first-order chi connectivity index (χ1) is 11.7. The molecule has 0 aliphatic carbocycles. The summed E-state index contributed by atoms with van der Waals surface area (Å²) in [5.74, 6) is 0.0593. The van der Waals surface area contributed by atoms with Gasteiger partial charge in [-0.05, 0) is 36.8 Å². The smallest absolute Gasteiger partial charge is 0.297 e. The summed E-state index contributed by atoms with van der Waals surface area (Å²) >= 11 is 1.71. The SMILES string of the molecule is Cc1cc[n+](CC(=O)N2c3ccccc3Sc3ccccc32)cc1.[Cl-]. The number of rotatable bonds is 2. The van der Waals surface area contributed by atoms with Crippen LogP contribution in [0, 0.1) is 6.92 Å². The Balaban J connectivity index is 0.00000182. The van der Waals surface area contributed by atoms with E-state index in [0.29, 0.717) is 6.54 Å². The zero-order valence-electron chi connectivity index (χ0n) is 13.7. The number of amides is 1. The minimum Gasteiger partial charge on any atom is -1.00 e. The molecule has 0 saturated carbocycles. The predicted octanol–water partition coefficient (Wildman–Crippen LogP) is 1.12. The van der Waals surface area contributed by atoms with Crippen LogP contribution in [0.1, 0.15) is 5.56 Å². The van der Waals surface area contributed by atoms with Crippen LogP contribution >= 0.6 is 11.8 Å². The lowest BCUT2D eigenvalue weighted by atomic mass is 10.2. The van der Waals surface area contributed by atoms with Crippen LogP contribution in [0.25, 0.3) is 0 Å². The van der Waals surface area contributed by atoms with E-state index in [1.54, 1.807) is 11.8 Å². The van der Waals surface area contributed by atoms with Gasteiger partial charge in [0.2, 0.25) is 6.54 Å². The quantitative estimate of drug-likeness (QED) is 0.633. The summed E-state index contributed by atoms with van der Waals surface area (Å²) in [6.07, 6.45) is 3.90. The number of nitrogens with zero attached hydrogens (tertiary/aromatic N) is 2. The molecule has 0 radical (unpaired) electrons. The van der Waals surface area contributed by atoms with E-state index in [1.807, 2.05) is 77.3 Å². The summed E-state index contributed by atoms with van der Waals surface area (Å²) in [5, 5.41) is 0. The van der Waals surface area contributed by atoms with Crippen LogP contribution in [0.3, 0.4) is 0 Å². The topological polar surface area (TPSA) is 24.2 Å². The average molecular weight is 369 g/mol. The highest BCUT2D eigenvalue weighted by molar-refractivity contribution is 7.99. The van der Waals surface area contributed by atoms with Gasteiger partial charge in [-0.15, -0.1) is 0 Å². The van der Waals surface area contributed by atoms with E-state index in [0.717, 1.165) is 21.2 Å². The number of hydrogen-bond acceptors (Lipinski definition) is 2. The minimum atomic E-state index is 0. The number of fused-ring (bicyclic) bond motifs is 2. The number of anilines is 2. The van der Waals surface area contributed by atoms with Gasteiger partial charge in [-0.2, -0.15) is 4.57 Å². The molecule has 25 heavy (non-hydrogen) atoms. The van der Waals surface area contributed by atoms with E-state index in [-0.39, 0.29) is 18.3 Å². The van der Waals surface area contributed by atoms with Crippen LogP contribution in [-0.2, 0) is 11.3 Å². The van der Waals surface area contributed by atoms with Gasteiger partial charge in [-0.25, -0.2) is 0 Å². The van der Waals surface area contributed by atoms with Gasteiger partial charge < -0.3 is 12.4 Å². The number of halogens is 1. The number of carbonyl (C=O) groups excluding carboxylic acids is 1. The van der Waals surface area contributed by atoms with Gasteiger partial charge in [0, 0.05) is 21.9 Å². The first-order valence-corrected chi connectivity index (χ1v) is 8.68. The second-order valence-corrected chi connectivity index (χ2v) is 6.90. The summed E-state index contributed by atoms with van der Waals surface area (Å²) in [7, 11) is 0. The number of benzene rings is 2. The van der Waals surface area contributed by atoms with Crippen LogP contribution in [0.5, 0.6) is 0 Å². The van der Waals surface area contributed by atoms with E-state index in [4.69, 9.17) is 0 Å². The number of carbonyl (C=O) groups is 1. The zero-order chi connectivity index (χ0) is 16.5. The van der Waals surface area contributed by atoms with Crippen LogP contribution in [0.15, 0.2) is 82.8 Å². The highest BCUT2D eigenvalue weighted by Crippen LogP contribution is 2.47. The number of aromatic nitrogens is 1. The summed E-state index contributed by atoms with van der Waals surface area (Å²) in [4.78, 5) is 17.1. The molecule has 0 bridgehead atoms. The fourth-order valence-corrected chi connectivity index (χ4v) is 3.90. The summed E-state index contributed by atoms with van der Waals surface area (Å²) in [6, 6.07) is 20.2. The molecule has 2 heterocycles. The van der Waals surface area contributed by atoms with E-state index < -0.39 is 0 Å². The van der Waals surface area contributed by atoms with Gasteiger partial charge in [0.25, 0.3) is 5.91 Å². The summed E-state index contributed by atoms with van der Waals surface area (Å²) in [6.45, 7) is 2.36. The number of para-hydroxylation sites is 2. The molecule has 1 aromatic heterocycles. The Morgan fingerprint density at radius 2 is 1.44 bits per heavy atom. The van der Waals surface area contributed by atoms with Gasteiger partial charge in [0.05, 0.1) is 11.4 Å². The van der Waals surface area contributed by atoms with Gasteiger partial charge in [0.1, 0.15) is 0 Å². The molecule has 0 N–H and O–H groups in total. The molecular formula is C20H17ClN2OS. The van der Waals surface area contributed by atoms with Crippen molar-refractivity contribution in [2.75, 3.05) is 4.90 Å². The first kappa shape index (κ1) is 17.5. The monoisotopic (exact) mass is 368 g/mol. The molecular weight excluding hydrogens is 352 g/mol. The molecule has 0 fully saturated rings. The largest absolute Gasteiger partial charge is 1.00 e. The molecule has 1 aliphatic heterocycles. The van der Waals surface area contributed by atoms with Crippen molar-refractivity contribution in [2.45, 2.75) is 23.3 Å². The van der Waals surface area contributed by atoms with Crippen LogP contribution < -0.4 is 21.9 Å². The first-order valence-electron chi connectivity index (χ1n) is 7.87. The van der Waals surface area contributed by atoms with Gasteiger partial charge in [-0.3, -0.25) is 9.69 Å². The van der Waals surface area contributed by atoms with E-state index in [2.05, 4.69) is 12.1 Å². The molecule has 2 aromatic carbocycles. The normalized spacial score (nSPS) is 12.0. The van der Waals surface area contributed by atoms with Crippen molar-refractivity contribution < 1.29 is 21.8 Å². The number of pyridine rings is 1. The Morgan fingerprint density at radius 1 is 0.920 bits per heavy atom. The van der Waals surface area contributed by atoms with E-state index >= 15 is 0 Å². The van der Waals surface area contributed by atoms with Gasteiger partial charge >= 0.3 is 0 Å². The summed E-state index contributed by atoms with van der Waals surface area (Å²) < 4.78 is 1.92. The van der Waals surface area contributed by atoms with Crippen LogP contribution in [-0.4, -0.2) is 5.91 Å². The molecule has 0 saturated heterocycles. The third-order valence-electron chi connectivity index (χ3n) is 4.06. The Kier molecular flexibility index (Phi) is 5.11. The fraction of sp³-hybridized carbons (Fsp3) is 0.100. The summed E-state index contributed by atoms with van der Waals surface area (Å²) in [5.41, 5.74) is 3.10. The van der Waals surface area contributed by atoms with Crippen molar-refractivity contribution in [3.05, 3.63) is 78.6 Å². The lowest BCUT2D eigenvalue weighted by Crippen LogP contribution is -3.00. The van der Waals surface area contributed by atoms with Crippen LogP contribution in [0.2, 0.25) is 0 Å². The molecule has 0 spiro atoms. The second kappa shape index (κ2) is 7.30. The fourth-order valence-electron chi connectivity index (χ4n) is 2.84. The number of hydrogen-bond donors (Lipinski definition) is 0. The molecule has 0 unspecified atom stereocenters. The molecule has 4 rings (SSSR count). The molecule has 5 heteroatoms. The molecule has 0 atom stereocenters. The van der Waals surface area contributed by atoms with Crippen molar-refractivity contribution in [3.8, 4) is 0 Å². The molecule has 1 aliphatic rings. The van der Waals surface area contributed by atoms with Crippen molar-refractivity contribution in [1.29, 1.82) is 0 Å². The minimum absolute atomic E-state index is 0. The maximum absolute atomic E-state index is 13.1. The Labute approximate surface area is 157 Å². The number of aryl methyl sites for hydroxylation is 1. The van der Waals surface area contributed by atoms with Gasteiger partial charge in [0.15, 0.2) is 12.4 Å². The Morgan fingerprint density at radius 3 is 2.00 bits per heavy atom. The second-order valence-electron chi connectivity index (χ2n) is 5.81. The van der Waals surface area contributed by atoms with Crippen molar-refractivity contribution in [2.24, 2.45) is 0 Å². The van der Waals surface area contributed by atoms with E-state index in [9.17, 15) is 4.79 Å². The molecule has 126 valence electrons. The van der Waals surface area contributed by atoms with Crippen LogP contribution in [0.4, 0.5) is 11.4 Å². The Bertz CT molecular complexity index is 866. The maximum Gasteiger partial charge on any atom is 0.297 e. The third kappa shape index (κ3) is 3.41. The highest BCUT2D eigenvalue weighted by Gasteiger charge is 2.29. The maximum atomic E-state index is 13.1. The lowest BCUT2D eigenvalue weighted by molar-refractivity contribution is -0.684. The zero-order valence-corrected chi connectivity index (χ0v) is 15.3. The Hall–Kier alpha value is -2.30. The predicted molar refractivity (Wildman–Crippen MR) is 95.5 cm³/mol. The van der Waals surface area contributed by atoms with Gasteiger partial charge in [-0.1, -0.05) is 36.0 Å². The standard InChI is InChI=1S/C20H17N2OS.ClH/c1-15-10-12-21(13-11-15)14-20(23)22-16-6-2-4-8-18(16)24-19-9-5-3-7-17(19)22;/h2-13H,14H2,1H3;1H/q+1;/p-1. The molecule has 3 nitrogen and oxygen atoms in total. The highest BCUT2D eigenvalue weighted by atomic mass is 35.5. The van der Waals surface area contributed by atoms with Crippen molar-refractivity contribution in [3.63, 3.8) is 0 Å². The van der Waals surface area contributed by atoms with Crippen molar-refractivity contribution in [1.82, 2.24) is 0 Å².